The number of hydrogen-bond donors (Lipinski definition) is 1. The molecule has 0 saturated heterocycles. The highest BCUT2D eigenvalue weighted by Gasteiger charge is 2.32. The molecule has 0 aromatic heterocycles. The van der Waals surface area contributed by atoms with E-state index in [4.69, 9.17) is 5.73 Å². The lowest BCUT2D eigenvalue weighted by molar-refractivity contribution is -0.137. The Morgan fingerprint density at radius 1 is 1.05 bits per heavy atom. The maximum atomic E-state index is 12.5. The summed E-state index contributed by atoms with van der Waals surface area (Å²) in [6.07, 6.45) is -4.39. The van der Waals surface area contributed by atoms with Gasteiger partial charge in [0.05, 0.1) is 12.1 Å². The molecule has 21 heavy (non-hydrogen) atoms. The lowest BCUT2D eigenvalue weighted by Gasteiger charge is -2.16. The lowest BCUT2D eigenvalue weighted by Crippen LogP contribution is -2.23. The van der Waals surface area contributed by atoms with Crippen LogP contribution < -0.4 is 10.6 Å². The predicted octanol–water partition coefficient (Wildman–Crippen LogP) is 3.45. The molecule has 0 fully saturated rings. The van der Waals surface area contributed by atoms with Crippen LogP contribution in [0.5, 0.6) is 0 Å². The van der Waals surface area contributed by atoms with Crippen LogP contribution in [0.2, 0.25) is 0 Å². The van der Waals surface area contributed by atoms with E-state index in [2.05, 4.69) is 0 Å². The topological polar surface area (TPSA) is 46.3 Å². The summed E-state index contributed by atoms with van der Waals surface area (Å²) in [7, 11) is 0. The van der Waals surface area contributed by atoms with E-state index >= 15 is 0 Å². The van der Waals surface area contributed by atoms with Crippen molar-refractivity contribution < 1.29 is 18.0 Å². The van der Waals surface area contributed by atoms with Gasteiger partial charge in [0.15, 0.2) is 0 Å². The van der Waals surface area contributed by atoms with E-state index < -0.39 is 11.7 Å². The summed E-state index contributed by atoms with van der Waals surface area (Å²) in [5, 5.41) is 0. The van der Waals surface area contributed by atoms with Crippen LogP contribution in [0.3, 0.4) is 0 Å². The molecule has 2 N–H and O–H groups in total. The standard InChI is InChI=1S/C15H11F3N2O/c16-15(17,18)9-4-6-10(7-5-9)20-8-12-11(14(20)21)2-1-3-13(12)19/h1-7H,8,19H2. The molecular formula is C15H11F3N2O. The summed E-state index contributed by atoms with van der Waals surface area (Å²) in [6, 6.07) is 9.57. The van der Waals surface area contributed by atoms with Crippen molar-refractivity contribution in [3.05, 3.63) is 59.2 Å². The van der Waals surface area contributed by atoms with Crippen LogP contribution >= 0.6 is 0 Å². The third kappa shape index (κ3) is 2.22. The van der Waals surface area contributed by atoms with Crippen molar-refractivity contribution in [2.45, 2.75) is 12.7 Å². The summed E-state index contributed by atoms with van der Waals surface area (Å²) in [5.41, 5.74) is 7.22. The smallest absolute Gasteiger partial charge is 0.398 e. The minimum Gasteiger partial charge on any atom is -0.398 e. The zero-order valence-electron chi connectivity index (χ0n) is 10.8. The van der Waals surface area contributed by atoms with Crippen LogP contribution in [0.25, 0.3) is 0 Å². The van der Waals surface area contributed by atoms with Crippen molar-refractivity contribution in [2.75, 3.05) is 10.6 Å². The fourth-order valence-electron chi connectivity index (χ4n) is 2.40. The Labute approximate surface area is 118 Å². The van der Waals surface area contributed by atoms with E-state index in [-0.39, 0.29) is 12.5 Å². The van der Waals surface area contributed by atoms with Crippen LogP contribution in [0.4, 0.5) is 24.5 Å². The lowest BCUT2D eigenvalue weighted by atomic mass is 10.1. The van der Waals surface area contributed by atoms with Gasteiger partial charge in [-0.25, -0.2) is 0 Å². The van der Waals surface area contributed by atoms with Crippen molar-refractivity contribution in [1.29, 1.82) is 0 Å². The molecule has 2 aromatic rings. The number of carbonyl (C=O) groups excluding carboxylic acids is 1. The summed E-state index contributed by atoms with van der Waals surface area (Å²) < 4.78 is 37.6. The molecule has 1 aliphatic rings. The third-order valence-electron chi connectivity index (χ3n) is 3.51. The molecular weight excluding hydrogens is 281 g/mol. The zero-order chi connectivity index (χ0) is 15.2. The molecule has 0 spiro atoms. The van der Waals surface area contributed by atoms with E-state index in [1.807, 2.05) is 0 Å². The van der Waals surface area contributed by atoms with E-state index in [1.165, 1.54) is 17.0 Å². The van der Waals surface area contributed by atoms with Crippen LogP contribution in [0, 0.1) is 0 Å². The summed E-state index contributed by atoms with van der Waals surface area (Å²) in [6.45, 7) is 0.270. The number of amides is 1. The van der Waals surface area contributed by atoms with Gasteiger partial charge in [-0.15, -0.1) is 0 Å². The largest absolute Gasteiger partial charge is 0.416 e. The molecule has 1 heterocycles. The van der Waals surface area contributed by atoms with Gasteiger partial charge < -0.3 is 10.6 Å². The second-order valence-corrected chi connectivity index (χ2v) is 4.81. The number of nitrogens with zero attached hydrogens (tertiary/aromatic N) is 1. The maximum absolute atomic E-state index is 12.5. The molecule has 3 rings (SSSR count). The molecule has 0 unspecified atom stereocenters. The Balaban J connectivity index is 1.94. The van der Waals surface area contributed by atoms with Crippen LogP contribution in [0.1, 0.15) is 21.5 Å². The van der Waals surface area contributed by atoms with Crippen molar-refractivity contribution in [1.82, 2.24) is 0 Å². The first kappa shape index (κ1) is 13.5. The van der Waals surface area contributed by atoms with Gasteiger partial charge in [0.25, 0.3) is 5.91 Å². The van der Waals surface area contributed by atoms with E-state index in [0.717, 1.165) is 12.1 Å². The molecule has 6 heteroatoms. The minimum absolute atomic E-state index is 0.253. The normalized spacial score (nSPS) is 14.4. The number of anilines is 2. The molecule has 3 nitrogen and oxygen atoms in total. The molecule has 0 bridgehead atoms. The number of hydrogen-bond acceptors (Lipinski definition) is 2. The Morgan fingerprint density at radius 3 is 2.29 bits per heavy atom. The number of nitrogen functional groups attached to an aromatic ring is 1. The SMILES string of the molecule is Nc1cccc2c1CN(c1ccc(C(F)(F)F)cc1)C2=O. The molecule has 108 valence electrons. The number of benzene rings is 2. The number of halogens is 3. The second-order valence-electron chi connectivity index (χ2n) is 4.81. The Hall–Kier alpha value is -2.50. The first-order valence-electron chi connectivity index (χ1n) is 6.24. The van der Waals surface area contributed by atoms with Gasteiger partial charge in [-0.3, -0.25) is 4.79 Å². The molecule has 0 atom stereocenters. The van der Waals surface area contributed by atoms with Crippen LogP contribution in [-0.4, -0.2) is 5.91 Å². The van der Waals surface area contributed by atoms with Gasteiger partial charge in [0, 0.05) is 22.5 Å². The second kappa shape index (κ2) is 4.51. The number of carbonyl (C=O) groups is 1. The highest BCUT2D eigenvalue weighted by Crippen LogP contribution is 2.34. The van der Waals surface area contributed by atoms with Gasteiger partial charge in [0.2, 0.25) is 0 Å². The first-order chi connectivity index (χ1) is 9.88. The maximum Gasteiger partial charge on any atom is 0.416 e. The van der Waals surface area contributed by atoms with Gasteiger partial charge >= 0.3 is 6.18 Å². The molecule has 0 radical (unpaired) electrons. The fraction of sp³-hybridized carbons (Fsp3) is 0.133. The van der Waals surface area contributed by atoms with Crippen LogP contribution in [-0.2, 0) is 12.7 Å². The average Bonchev–Trinajstić information content (AvgIpc) is 2.77. The van der Waals surface area contributed by atoms with Crippen molar-refractivity contribution >= 4 is 17.3 Å². The number of fused-ring (bicyclic) bond motifs is 1. The highest BCUT2D eigenvalue weighted by molar-refractivity contribution is 6.11. The van der Waals surface area contributed by atoms with E-state index in [9.17, 15) is 18.0 Å². The number of nitrogens with two attached hydrogens (primary N) is 1. The molecule has 1 aliphatic heterocycles. The van der Waals surface area contributed by atoms with Crippen molar-refractivity contribution in [2.24, 2.45) is 0 Å². The Kier molecular flexibility index (Phi) is 2.90. The number of alkyl halides is 3. The Morgan fingerprint density at radius 2 is 1.71 bits per heavy atom. The quantitative estimate of drug-likeness (QED) is 0.818. The van der Waals surface area contributed by atoms with Crippen molar-refractivity contribution in [3.63, 3.8) is 0 Å². The monoisotopic (exact) mass is 292 g/mol. The summed E-state index contributed by atoms with van der Waals surface area (Å²) in [4.78, 5) is 13.7. The zero-order valence-corrected chi connectivity index (χ0v) is 10.8. The van der Waals surface area contributed by atoms with Gasteiger partial charge in [-0.2, -0.15) is 13.2 Å². The molecule has 0 aliphatic carbocycles. The molecule has 1 amide bonds. The van der Waals surface area contributed by atoms with Gasteiger partial charge in [-0.05, 0) is 36.4 Å². The molecule has 2 aromatic carbocycles. The fourth-order valence-corrected chi connectivity index (χ4v) is 2.40. The van der Waals surface area contributed by atoms with Crippen molar-refractivity contribution in [3.8, 4) is 0 Å². The van der Waals surface area contributed by atoms with Gasteiger partial charge in [-0.1, -0.05) is 6.07 Å². The highest BCUT2D eigenvalue weighted by atomic mass is 19.4. The van der Waals surface area contributed by atoms with E-state index in [0.29, 0.717) is 22.5 Å². The Bertz CT molecular complexity index is 708. The molecule has 0 saturated carbocycles. The van der Waals surface area contributed by atoms with E-state index in [1.54, 1.807) is 18.2 Å². The minimum atomic E-state index is -4.39. The van der Waals surface area contributed by atoms with Gasteiger partial charge in [0.1, 0.15) is 0 Å². The van der Waals surface area contributed by atoms with Crippen LogP contribution in [0.15, 0.2) is 42.5 Å². The third-order valence-corrected chi connectivity index (χ3v) is 3.51. The summed E-state index contributed by atoms with van der Waals surface area (Å²) in [5.74, 6) is -0.253. The predicted molar refractivity (Wildman–Crippen MR) is 72.8 cm³/mol. The number of rotatable bonds is 1. The first-order valence-corrected chi connectivity index (χ1v) is 6.24. The average molecular weight is 292 g/mol. The summed E-state index contributed by atoms with van der Waals surface area (Å²) >= 11 is 0.